The molecule has 1 aromatic heterocycles. The fourth-order valence-corrected chi connectivity index (χ4v) is 2.03. The van der Waals surface area contributed by atoms with Gasteiger partial charge in [0.15, 0.2) is 0 Å². The smallest absolute Gasteiger partial charge is 0.305 e. The molecule has 0 aliphatic rings. The van der Waals surface area contributed by atoms with E-state index in [9.17, 15) is 4.79 Å². The van der Waals surface area contributed by atoms with Crippen molar-refractivity contribution < 1.29 is 9.90 Å². The molecule has 0 unspecified atom stereocenters. The van der Waals surface area contributed by atoms with Crippen LogP contribution in [0.1, 0.15) is 29.1 Å². The average molecular weight is 199 g/mol. The summed E-state index contributed by atoms with van der Waals surface area (Å²) in [7, 11) is 0. The average Bonchev–Trinajstić information content (AvgIpc) is 2.50. The van der Waals surface area contributed by atoms with Crippen LogP contribution in [-0.2, 0) is 11.2 Å². The lowest BCUT2D eigenvalue weighted by atomic mass is 10.2. The van der Waals surface area contributed by atoms with E-state index in [1.807, 2.05) is 12.1 Å². The number of carboxylic acids is 1. The van der Waals surface area contributed by atoms with Crippen LogP contribution in [0.25, 0.3) is 0 Å². The highest BCUT2D eigenvalue weighted by atomic mass is 32.1. The van der Waals surface area contributed by atoms with Gasteiger partial charge in [-0.1, -0.05) is 6.92 Å². The first-order chi connectivity index (χ1) is 6.13. The van der Waals surface area contributed by atoms with E-state index in [4.69, 9.17) is 10.8 Å². The molecule has 4 heteroatoms. The monoisotopic (exact) mass is 199 g/mol. The normalized spacial score (nSPS) is 12.8. The molecule has 0 aliphatic heterocycles. The molecule has 72 valence electrons. The SMILES string of the molecule is CCc1ccc([C@@H](N)CC(=O)O)s1. The highest BCUT2D eigenvalue weighted by Crippen LogP contribution is 2.23. The van der Waals surface area contributed by atoms with E-state index in [1.165, 1.54) is 4.88 Å². The minimum absolute atomic E-state index is 0.00364. The summed E-state index contributed by atoms with van der Waals surface area (Å²) >= 11 is 1.59. The third-order valence-corrected chi connectivity index (χ3v) is 3.15. The van der Waals surface area contributed by atoms with Gasteiger partial charge in [-0.05, 0) is 18.6 Å². The standard InChI is InChI=1S/C9H13NO2S/c1-2-6-3-4-8(13-6)7(10)5-9(11)12/h3-4,7H,2,5,10H2,1H3,(H,11,12)/t7-/m0/s1. The fraction of sp³-hybridized carbons (Fsp3) is 0.444. The number of thiophene rings is 1. The maximum absolute atomic E-state index is 10.4. The molecule has 0 saturated carbocycles. The van der Waals surface area contributed by atoms with E-state index in [-0.39, 0.29) is 12.5 Å². The van der Waals surface area contributed by atoms with Gasteiger partial charge in [-0.2, -0.15) is 0 Å². The van der Waals surface area contributed by atoms with Gasteiger partial charge in [0.25, 0.3) is 0 Å². The zero-order valence-electron chi connectivity index (χ0n) is 7.49. The van der Waals surface area contributed by atoms with Crippen molar-refractivity contribution in [2.75, 3.05) is 0 Å². The molecular weight excluding hydrogens is 186 g/mol. The number of rotatable bonds is 4. The van der Waals surface area contributed by atoms with Gasteiger partial charge >= 0.3 is 5.97 Å². The van der Waals surface area contributed by atoms with Crippen LogP contribution in [0.4, 0.5) is 0 Å². The molecular formula is C9H13NO2S. The van der Waals surface area contributed by atoms with Gasteiger partial charge in [-0.15, -0.1) is 11.3 Å². The van der Waals surface area contributed by atoms with Crippen molar-refractivity contribution in [1.82, 2.24) is 0 Å². The summed E-state index contributed by atoms with van der Waals surface area (Å²) in [5.41, 5.74) is 5.69. The molecule has 1 heterocycles. The molecule has 1 aromatic rings. The van der Waals surface area contributed by atoms with Gasteiger partial charge in [0, 0.05) is 15.8 Å². The summed E-state index contributed by atoms with van der Waals surface area (Å²) in [6.45, 7) is 2.07. The van der Waals surface area contributed by atoms with Crippen molar-refractivity contribution >= 4 is 17.3 Å². The Morgan fingerprint density at radius 2 is 2.38 bits per heavy atom. The van der Waals surface area contributed by atoms with Gasteiger partial charge in [0.2, 0.25) is 0 Å². The van der Waals surface area contributed by atoms with E-state index in [2.05, 4.69) is 6.92 Å². The summed E-state index contributed by atoms with van der Waals surface area (Å²) in [6, 6.07) is 3.56. The van der Waals surface area contributed by atoms with Crippen molar-refractivity contribution in [3.05, 3.63) is 21.9 Å². The predicted octanol–water partition coefficient (Wildman–Crippen LogP) is 1.78. The summed E-state index contributed by atoms with van der Waals surface area (Å²) in [5, 5.41) is 8.53. The van der Waals surface area contributed by atoms with Gasteiger partial charge in [0.1, 0.15) is 0 Å². The van der Waals surface area contributed by atoms with Gasteiger partial charge in [0.05, 0.1) is 6.42 Å². The predicted molar refractivity (Wildman–Crippen MR) is 52.9 cm³/mol. The molecule has 3 N–H and O–H groups in total. The second-order valence-electron chi connectivity index (χ2n) is 2.86. The third-order valence-electron chi connectivity index (χ3n) is 1.79. The Morgan fingerprint density at radius 3 is 2.85 bits per heavy atom. The van der Waals surface area contributed by atoms with Gasteiger partial charge < -0.3 is 10.8 Å². The molecule has 0 saturated heterocycles. The summed E-state index contributed by atoms with van der Waals surface area (Å²) in [6.07, 6.45) is 0.980. The van der Waals surface area contributed by atoms with Crippen molar-refractivity contribution in [2.24, 2.45) is 5.73 Å². The van der Waals surface area contributed by atoms with Crippen LogP contribution in [0, 0.1) is 0 Å². The Labute approximate surface area is 81.2 Å². The quantitative estimate of drug-likeness (QED) is 0.777. The zero-order valence-corrected chi connectivity index (χ0v) is 8.30. The van der Waals surface area contributed by atoms with Crippen LogP contribution in [0.15, 0.2) is 12.1 Å². The summed E-state index contributed by atoms with van der Waals surface area (Å²) in [5.74, 6) is -0.848. The molecule has 0 radical (unpaired) electrons. The van der Waals surface area contributed by atoms with Crippen LogP contribution in [0.3, 0.4) is 0 Å². The number of carbonyl (C=O) groups is 1. The zero-order chi connectivity index (χ0) is 9.84. The third kappa shape index (κ3) is 2.82. The Balaban J connectivity index is 2.65. The molecule has 0 bridgehead atoms. The maximum Gasteiger partial charge on any atom is 0.305 e. The lowest BCUT2D eigenvalue weighted by molar-refractivity contribution is -0.137. The van der Waals surface area contributed by atoms with E-state index >= 15 is 0 Å². The lowest BCUT2D eigenvalue weighted by Gasteiger charge is -2.04. The largest absolute Gasteiger partial charge is 0.481 e. The van der Waals surface area contributed by atoms with Crippen LogP contribution in [-0.4, -0.2) is 11.1 Å². The number of nitrogens with two attached hydrogens (primary N) is 1. The number of aryl methyl sites for hydroxylation is 1. The van der Waals surface area contributed by atoms with E-state index in [0.29, 0.717) is 0 Å². The molecule has 1 atom stereocenters. The highest BCUT2D eigenvalue weighted by Gasteiger charge is 2.12. The molecule has 1 rings (SSSR count). The number of hydrogen-bond donors (Lipinski definition) is 2. The summed E-state index contributed by atoms with van der Waals surface area (Å²) in [4.78, 5) is 12.6. The molecule has 0 spiro atoms. The van der Waals surface area contributed by atoms with E-state index < -0.39 is 5.97 Å². The Kier molecular flexibility index (Phi) is 3.45. The Hall–Kier alpha value is -0.870. The second kappa shape index (κ2) is 4.39. The molecule has 0 fully saturated rings. The molecule has 3 nitrogen and oxygen atoms in total. The first kappa shape index (κ1) is 10.2. The minimum atomic E-state index is -0.848. The highest BCUT2D eigenvalue weighted by molar-refractivity contribution is 7.12. The molecule has 0 aliphatic carbocycles. The lowest BCUT2D eigenvalue weighted by Crippen LogP contribution is -2.13. The minimum Gasteiger partial charge on any atom is -0.481 e. The number of carboxylic acid groups (broad SMARTS) is 1. The van der Waals surface area contributed by atoms with Crippen LogP contribution in [0.2, 0.25) is 0 Å². The number of aliphatic carboxylic acids is 1. The van der Waals surface area contributed by atoms with Crippen molar-refractivity contribution in [3.8, 4) is 0 Å². The Bertz CT molecular complexity index is 296. The van der Waals surface area contributed by atoms with Gasteiger partial charge in [-0.25, -0.2) is 0 Å². The topological polar surface area (TPSA) is 63.3 Å². The molecule has 0 aromatic carbocycles. The van der Waals surface area contributed by atoms with Crippen molar-refractivity contribution in [1.29, 1.82) is 0 Å². The molecule has 13 heavy (non-hydrogen) atoms. The van der Waals surface area contributed by atoms with Crippen LogP contribution < -0.4 is 5.73 Å². The first-order valence-corrected chi connectivity index (χ1v) is 5.01. The summed E-state index contributed by atoms with van der Waals surface area (Å²) < 4.78 is 0. The first-order valence-electron chi connectivity index (χ1n) is 4.19. The fourth-order valence-electron chi connectivity index (χ4n) is 1.07. The Morgan fingerprint density at radius 1 is 1.69 bits per heavy atom. The van der Waals surface area contributed by atoms with E-state index in [0.717, 1.165) is 11.3 Å². The van der Waals surface area contributed by atoms with Gasteiger partial charge in [-0.3, -0.25) is 4.79 Å². The molecule has 0 amide bonds. The van der Waals surface area contributed by atoms with Crippen molar-refractivity contribution in [3.63, 3.8) is 0 Å². The van der Waals surface area contributed by atoms with Crippen LogP contribution >= 0.6 is 11.3 Å². The van der Waals surface area contributed by atoms with Crippen LogP contribution in [0.5, 0.6) is 0 Å². The number of hydrogen-bond acceptors (Lipinski definition) is 3. The second-order valence-corrected chi connectivity index (χ2v) is 4.06. The van der Waals surface area contributed by atoms with E-state index in [1.54, 1.807) is 11.3 Å². The van der Waals surface area contributed by atoms with Crippen molar-refractivity contribution in [2.45, 2.75) is 25.8 Å². The maximum atomic E-state index is 10.4.